The highest BCUT2D eigenvalue weighted by molar-refractivity contribution is 9.09. The summed E-state index contributed by atoms with van der Waals surface area (Å²) in [4.78, 5) is 0. The summed E-state index contributed by atoms with van der Waals surface area (Å²) < 4.78 is 12.9. The molecule has 22 heavy (non-hydrogen) atoms. The smallest absolute Gasteiger partial charge is 0.193 e. The van der Waals surface area contributed by atoms with Crippen molar-refractivity contribution in [3.8, 4) is 0 Å². The molecule has 0 fully saturated rings. The number of benzene rings is 2. The van der Waals surface area contributed by atoms with Crippen LogP contribution in [0.3, 0.4) is 0 Å². The molecule has 0 saturated heterocycles. The molecule has 0 aliphatic heterocycles. The minimum atomic E-state index is -0.284. The minimum absolute atomic E-state index is 0.284. The van der Waals surface area contributed by atoms with E-state index < -0.39 is 0 Å². The summed E-state index contributed by atoms with van der Waals surface area (Å²) >= 11 is 8.75. The first kappa shape index (κ1) is 16.6. The van der Waals surface area contributed by atoms with E-state index in [9.17, 15) is 4.39 Å². The molecule has 2 rings (SSSR count). The molecule has 0 unspecified atom stereocenters. The second kappa shape index (κ2) is 8.00. The van der Waals surface area contributed by atoms with E-state index in [1.807, 2.05) is 30.3 Å². The van der Waals surface area contributed by atoms with Gasteiger partial charge in [0.25, 0.3) is 0 Å². The van der Waals surface area contributed by atoms with E-state index in [0.29, 0.717) is 16.1 Å². The molecule has 3 nitrogen and oxygen atoms in total. The zero-order valence-electron chi connectivity index (χ0n) is 12.0. The average Bonchev–Trinajstić information content (AvgIpc) is 2.55. The highest BCUT2D eigenvalue weighted by atomic mass is 79.9. The molecule has 114 valence electrons. The molecule has 0 radical (unpaired) electrons. The molecule has 2 aromatic rings. The largest absolute Gasteiger partial charge is 0.331 e. The van der Waals surface area contributed by atoms with Gasteiger partial charge in [0.1, 0.15) is 5.82 Å². The van der Waals surface area contributed by atoms with E-state index >= 15 is 0 Å². The molecule has 0 aromatic heterocycles. The Morgan fingerprint density at radius 2 is 1.82 bits per heavy atom. The van der Waals surface area contributed by atoms with E-state index in [2.05, 4.69) is 26.3 Å². The summed E-state index contributed by atoms with van der Waals surface area (Å²) in [5, 5.41) is 10.2. The Balaban J connectivity index is 2.09. The standard InChI is InChI=1S/C16H15BrFN3S/c1-21(16(22)19-14-9-7-13(18)8-10-14)20-15(11-17)12-5-3-2-4-6-12/h2-10H,11H2,1H3,(H,19,22)/b20-15+. The second-order valence-corrected chi connectivity index (χ2v) is 5.45. The monoisotopic (exact) mass is 379 g/mol. The minimum Gasteiger partial charge on any atom is -0.331 e. The third-order valence-electron chi connectivity index (χ3n) is 2.89. The predicted molar refractivity (Wildman–Crippen MR) is 97.2 cm³/mol. The SMILES string of the molecule is CN(/N=C(\CBr)c1ccccc1)C(=S)Nc1ccc(F)cc1. The van der Waals surface area contributed by atoms with Gasteiger partial charge in [-0.15, -0.1) is 0 Å². The number of halogens is 2. The average molecular weight is 380 g/mol. The summed E-state index contributed by atoms with van der Waals surface area (Å²) in [6.07, 6.45) is 0. The Morgan fingerprint density at radius 3 is 2.41 bits per heavy atom. The van der Waals surface area contributed by atoms with Crippen molar-refractivity contribution >= 4 is 44.7 Å². The van der Waals surface area contributed by atoms with Crippen LogP contribution in [0.4, 0.5) is 10.1 Å². The van der Waals surface area contributed by atoms with Crippen molar-refractivity contribution in [2.24, 2.45) is 5.10 Å². The lowest BCUT2D eigenvalue weighted by atomic mass is 10.1. The Labute approximate surface area is 143 Å². The number of alkyl halides is 1. The highest BCUT2D eigenvalue weighted by Gasteiger charge is 2.07. The molecule has 6 heteroatoms. The van der Waals surface area contributed by atoms with Gasteiger partial charge in [-0.25, -0.2) is 9.40 Å². The van der Waals surface area contributed by atoms with Crippen molar-refractivity contribution in [1.29, 1.82) is 0 Å². The summed E-state index contributed by atoms with van der Waals surface area (Å²) in [5.74, 6) is -0.284. The Bertz CT molecular complexity index is 659. The molecule has 0 atom stereocenters. The molecule has 0 saturated carbocycles. The first-order valence-corrected chi connectivity index (χ1v) is 8.12. The number of thiocarbonyl (C=S) groups is 1. The highest BCUT2D eigenvalue weighted by Crippen LogP contribution is 2.10. The van der Waals surface area contributed by atoms with Gasteiger partial charge in [0.15, 0.2) is 5.11 Å². The lowest BCUT2D eigenvalue weighted by Crippen LogP contribution is -2.28. The van der Waals surface area contributed by atoms with E-state index in [-0.39, 0.29) is 5.82 Å². The van der Waals surface area contributed by atoms with Crippen molar-refractivity contribution in [3.63, 3.8) is 0 Å². The third-order valence-corrected chi connectivity index (χ3v) is 3.79. The van der Waals surface area contributed by atoms with Crippen LogP contribution < -0.4 is 5.32 Å². The van der Waals surface area contributed by atoms with Crippen LogP contribution in [-0.2, 0) is 0 Å². The molecule has 2 aromatic carbocycles. The summed E-state index contributed by atoms with van der Waals surface area (Å²) in [7, 11) is 1.77. The summed E-state index contributed by atoms with van der Waals surface area (Å²) in [6.45, 7) is 0. The first-order valence-electron chi connectivity index (χ1n) is 6.59. The van der Waals surface area contributed by atoms with Gasteiger partial charge in [0.05, 0.1) is 5.71 Å². The van der Waals surface area contributed by atoms with Crippen LogP contribution in [0.5, 0.6) is 0 Å². The number of nitrogens with zero attached hydrogens (tertiary/aromatic N) is 2. The summed E-state index contributed by atoms with van der Waals surface area (Å²) in [5.41, 5.74) is 2.61. The van der Waals surface area contributed by atoms with Crippen LogP contribution in [0, 0.1) is 5.82 Å². The Morgan fingerprint density at radius 1 is 1.18 bits per heavy atom. The van der Waals surface area contributed by atoms with Crippen molar-refractivity contribution in [2.75, 3.05) is 17.7 Å². The van der Waals surface area contributed by atoms with Crippen LogP contribution in [-0.4, -0.2) is 28.2 Å². The quantitative estimate of drug-likeness (QED) is 0.372. The normalized spacial score (nSPS) is 11.1. The molecular weight excluding hydrogens is 365 g/mol. The number of hydrazone groups is 1. The third kappa shape index (κ3) is 4.61. The van der Waals surface area contributed by atoms with E-state index in [1.54, 1.807) is 24.2 Å². The fraction of sp³-hybridized carbons (Fsp3) is 0.125. The molecule has 0 spiro atoms. The van der Waals surface area contributed by atoms with Crippen molar-refractivity contribution in [2.45, 2.75) is 0 Å². The van der Waals surface area contributed by atoms with Crippen molar-refractivity contribution in [1.82, 2.24) is 5.01 Å². The van der Waals surface area contributed by atoms with Crippen LogP contribution in [0.2, 0.25) is 0 Å². The van der Waals surface area contributed by atoms with Crippen LogP contribution in [0.15, 0.2) is 59.7 Å². The number of nitrogens with one attached hydrogen (secondary N) is 1. The second-order valence-electron chi connectivity index (χ2n) is 4.51. The maximum Gasteiger partial charge on any atom is 0.193 e. The van der Waals surface area contributed by atoms with Gasteiger partial charge in [0.2, 0.25) is 0 Å². The number of rotatable bonds is 4. The van der Waals surface area contributed by atoms with Crippen LogP contribution in [0.1, 0.15) is 5.56 Å². The molecular formula is C16H15BrFN3S. The summed E-state index contributed by atoms with van der Waals surface area (Å²) in [6, 6.07) is 15.9. The van der Waals surface area contributed by atoms with Gasteiger partial charge in [-0.2, -0.15) is 5.10 Å². The number of anilines is 1. The topological polar surface area (TPSA) is 27.6 Å². The van der Waals surface area contributed by atoms with E-state index in [4.69, 9.17) is 12.2 Å². The molecule has 1 N–H and O–H groups in total. The zero-order valence-corrected chi connectivity index (χ0v) is 14.4. The maximum atomic E-state index is 12.9. The maximum absolute atomic E-state index is 12.9. The lowest BCUT2D eigenvalue weighted by molar-refractivity contribution is 0.553. The molecule has 0 amide bonds. The van der Waals surface area contributed by atoms with Crippen molar-refractivity contribution in [3.05, 3.63) is 66.0 Å². The van der Waals surface area contributed by atoms with Gasteiger partial charge >= 0.3 is 0 Å². The fourth-order valence-electron chi connectivity index (χ4n) is 1.76. The molecule has 0 aliphatic rings. The van der Waals surface area contributed by atoms with Crippen LogP contribution in [0.25, 0.3) is 0 Å². The number of hydrogen-bond donors (Lipinski definition) is 1. The van der Waals surface area contributed by atoms with Gasteiger partial charge in [-0.1, -0.05) is 46.3 Å². The lowest BCUT2D eigenvalue weighted by Gasteiger charge is -2.17. The van der Waals surface area contributed by atoms with E-state index in [1.165, 1.54) is 12.1 Å². The first-order chi connectivity index (χ1) is 10.6. The zero-order chi connectivity index (χ0) is 15.9. The molecule has 0 heterocycles. The van der Waals surface area contributed by atoms with E-state index in [0.717, 1.165) is 11.3 Å². The number of hydrogen-bond acceptors (Lipinski definition) is 2. The predicted octanol–water partition coefficient (Wildman–Crippen LogP) is 4.25. The Kier molecular flexibility index (Phi) is 6.03. The van der Waals surface area contributed by atoms with Gasteiger partial charge in [0, 0.05) is 18.1 Å². The van der Waals surface area contributed by atoms with Crippen LogP contribution >= 0.6 is 28.1 Å². The van der Waals surface area contributed by atoms with Gasteiger partial charge < -0.3 is 5.32 Å². The van der Waals surface area contributed by atoms with Gasteiger partial charge in [-0.3, -0.25) is 0 Å². The Hall–Kier alpha value is -1.79. The van der Waals surface area contributed by atoms with Gasteiger partial charge in [-0.05, 0) is 42.0 Å². The molecule has 0 aliphatic carbocycles. The van der Waals surface area contributed by atoms with Crippen molar-refractivity contribution < 1.29 is 4.39 Å². The fourth-order valence-corrected chi connectivity index (χ4v) is 2.35. The molecule has 0 bridgehead atoms.